The van der Waals surface area contributed by atoms with Crippen molar-refractivity contribution in [2.24, 2.45) is 0 Å². The van der Waals surface area contributed by atoms with Crippen molar-refractivity contribution in [2.75, 3.05) is 6.54 Å². The molecule has 0 saturated heterocycles. The number of hydrogen-bond acceptors (Lipinski definition) is 3. The number of phenolic OH excluding ortho intramolecular Hbond substituents is 2. The van der Waals surface area contributed by atoms with E-state index in [2.05, 4.69) is 0 Å². The Balaban J connectivity index is 2.26. The minimum Gasteiger partial charge on any atom is -0.508 e. The molecule has 1 amide bonds. The molecule has 104 valence electrons. The number of benzene rings is 1. The molecule has 7 heteroatoms. The zero-order valence-electron chi connectivity index (χ0n) is 9.81. The third-order valence-electron chi connectivity index (χ3n) is 2.81. The molecule has 0 atom stereocenters. The molecule has 1 saturated carbocycles. The summed E-state index contributed by atoms with van der Waals surface area (Å²) in [6, 6.07) is 2.73. The molecule has 0 radical (unpaired) electrons. The van der Waals surface area contributed by atoms with E-state index in [1.807, 2.05) is 0 Å². The quantitative estimate of drug-likeness (QED) is 0.832. The average Bonchev–Trinajstić information content (AvgIpc) is 3.11. The van der Waals surface area contributed by atoms with Crippen LogP contribution in [0.15, 0.2) is 18.2 Å². The molecule has 1 aromatic carbocycles. The number of phenols is 2. The van der Waals surface area contributed by atoms with Gasteiger partial charge in [-0.05, 0) is 31.0 Å². The molecule has 0 heterocycles. The van der Waals surface area contributed by atoms with Gasteiger partial charge in [-0.1, -0.05) is 0 Å². The van der Waals surface area contributed by atoms with Gasteiger partial charge >= 0.3 is 6.18 Å². The van der Waals surface area contributed by atoms with Gasteiger partial charge in [-0.3, -0.25) is 4.79 Å². The van der Waals surface area contributed by atoms with Gasteiger partial charge in [-0.2, -0.15) is 13.2 Å². The van der Waals surface area contributed by atoms with Crippen molar-refractivity contribution in [1.29, 1.82) is 0 Å². The SMILES string of the molecule is O=C(c1cc(O)ccc1O)N(CC(F)(F)F)C1CC1. The van der Waals surface area contributed by atoms with Gasteiger partial charge in [-0.15, -0.1) is 0 Å². The molecule has 1 aromatic rings. The summed E-state index contributed by atoms with van der Waals surface area (Å²) in [5, 5.41) is 18.8. The van der Waals surface area contributed by atoms with E-state index in [0.29, 0.717) is 17.7 Å². The van der Waals surface area contributed by atoms with E-state index in [4.69, 9.17) is 0 Å². The summed E-state index contributed by atoms with van der Waals surface area (Å²) in [5.41, 5.74) is -0.323. The van der Waals surface area contributed by atoms with Crippen molar-refractivity contribution in [3.05, 3.63) is 23.8 Å². The fourth-order valence-electron chi connectivity index (χ4n) is 1.80. The second-order valence-electron chi connectivity index (χ2n) is 4.48. The molecule has 1 aliphatic rings. The maximum atomic E-state index is 12.4. The Bertz CT molecular complexity index is 497. The number of halogens is 3. The summed E-state index contributed by atoms with van der Waals surface area (Å²) in [6.07, 6.45) is -3.46. The second-order valence-corrected chi connectivity index (χ2v) is 4.48. The maximum Gasteiger partial charge on any atom is 0.406 e. The number of amides is 1. The highest BCUT2D eigenvalue weighted by Crippen LogP contribution is 2.33. The predicted octanol–water partition coefficient (Wildman–Crippen LogP) is 2.26. The van der Waals surface area contributed by atoms with Crippen molar-refractivity contribution in [2.45, 2.75) is 25.1 Å². The number of hydrogen-bond donors (Lipinski definition) is 2. The van der Waals surface area contributed by atoms with Crippen LogP contribution in [0.5, 0.6) is 11.5 Å². The van der Waals surface area contributed by atoms with E-state index < -0.39 is 30.4 Å². The highest BCUT2D eigenvalue weighted by atomic mass is 19.4. The van der Waals surface area contributed by atoms with Crippen LogP contribution in [-0.4, -0.2) is 39.8 Å². The summed E-state index contributed by atoms with van der Waals surface area (Å²) in [4.78, 5) is 12.7. The normalized spacial score (nSPS) is 15.3. The van der Waals surface area contributed by atoms with Gasteiger partial charge in [0.2, 0.25) is 0 Å². The van der Waals surface area contributed by atoms with E-state index in [9.17, 15) is 28.2 Å². The van der Waals surface area contributed by atoms with Gasteiger partial charge in [0, 0.05) is 6.04 Å². The molecular formula is C12H12F3NO3. The van der Waals surface area contributed by atoms with Crippen molar-refractivity contribution in [3.63, 3.8) is 0 Å². The molecule has 0 aromatic heterocycles. The fourth-order valence-corrected chi connectivity index (χ4v) is 1.80. The molecule has 2 N–H and O–H groups in total. The lowest BCUT2D eigenvalue weighted by Crippen LogP contribution is -2.40. The van der Waals surface area contributed by atoms with Crippen LogP contribution in [-0.2, 0) is 0 Å². The van der Waals surface area contributed by atoms with Crippen molar-refractivity contribution in [1.82, 2.24) is 4.90 Å². The highest BCUT2D eigenvalue weighted by molar-refractivity contribution is 5.97. The summed E-state index contributed by atoms with van der Waals surface area (Å²) >= 11 is 0. The van der Waals surface area contributed by atoms with Crippen LogP contribution in [0.2, 0.25) is 0 Å². The number of nitrogens with zero attached hydrogens (tertiary/aromatic N) is 1. The first-order valence-corrected chi connectivity index (χ1v) is 5.67. The average molecular weight is 275 g/mol. The Hall–Kier alpha value is -1.92. The molecule has 0 unspecified atom stereocenters. The van der Waals surface area contributed by atoms with E-state index in [0.717, 1.165) is 18.2 Å². The van der Waals surface area contributed by atoms with Gasteiger partial charge in [0.15, 0.2) is 0 Å². The van der Waals surface area contributed by atoms with E-state index in [-0.39, 0.29) is 11.3 Å². The molecule has 0 spiro atoms. The monoisotopic (exact) mass is 275 g/mol. The number of aromatic hydroxyl groups is 2. The lowest BCUT2D eigenvalue weighted by Gasteiger charge is -2.24. The zero-order chi connectivity index (χ0) is 14.2. The first-order chi connectivity index (χ1) is 8.78. The van der Waals surface area contributed by atoms with Crippen LogP contribution in [0.4, 0.5) is 13.2 Å². The molecule has 1 fully saturated rings. The Labute approximate surface area is 107 Å². The fraction of sp³-hybridized carbons (Fsp3) is 0.417. The number of alkyl halides is 3. The summed E-state index contributed by atoms with van der Waals surface area (Å²) < 4.78 is 37.3. The lowest BCUT2D eigenvalue weighted by molar-refractivity contribution is -0.141. The Morgan fingerprint density at radius 2 is 1.95 bits per heavy atom. The van der Waals surface area contributed by atoms with Gasteiger partial charge < -0.3 is 15.1 Å². The second kappa shape index (κ2) is 4.64. The number of rotatable bonds is 3. The van der Waals surface area contributed by atoms with Crippen LogP contribution in [0, 0.1) is 0 Å². The maximum absolute atomic E-state index is 12.4. The Kier molecular flexibility index (Phi) is 3.30. The van der Waals surface area contributed by atoms with Crippen molar-refractivity contribution in [3.8, 4) is 11.5 Å². The van der Waals surface area contributed by atoms with Crippen LogP contribution in [0.25, 0.3) is 0 Å². The lowest BCUT2D eigenvalue weighted by atomic mass is 10.1. The minimum absolute atomic E-state index is 0.288. The molecule has 19 heavy (non-hydrogen) atoms. The van der Waals surface area contributed by atoms with Crippen LogP contribution < -0.4 is 0 Å². The molecular weight excluding hydrogens is 263 g/mol. The Morgan fingerprint density at radius 3 is 2.47 bits per heavy atom. The van der Waals surface area contributed by atoms with E-state index >= 15 is 0 Å². The van der Waals surface area contributed by atoms with Gasteiger partial charge in [0.05, 0.1) is 5.56 Å². The van der Waals surface area contributed by atoms with Gasteiger partial charge in [-0.25, -0.2) is 0 Å². The molecule has 4 nitrogen and oxygen atoms in total. The molecule has 0 bridgehead atoms. The van der Waals surface area contributed by atoms with E-state index in [1.54, 1.807) is 0 Å². The summed E-state index contributed by atoms with van der Waals surface area (Å²) in [7, 11) is 0. The van der Waals surface area contributed by atoms with Crippen molar-refractivity contribution >= 4 is 5.91 Å². The summed E-state index contributed by atoms with van der Waals surface area (Å²) in [5.74, 6) is -1.66. The Morgan fingerprint density at radius 1 is 1.32 bits per heavy atom. The van der Waals surface area contributed by atoms with Crippen LogP contribution in [0.1, 0.15) is 23.2 Å². The van der Waals surface area contributed by atoms with E-state index in [1.165, 1.54) is 0 Å². The highest BCUT2D eigenvalue weighted by Gasteiger charge is 2.41. The van der Waals surface area contributed by atoms with Gasteiger partial charge in [0.25, 0.3) is 5.91 Å². The third-order valence-corrected chi connectivity index (χ3v) is 2.81. The molecule has 0 aliphatic heterocycles. The summed E-state index contributed by atoms with van der Waals surface area (Å²) in [6.45, 7) is -1.36. The predicted molar refractivity (Wildman–Crippen MR) is 59.9 cm³/mol. The topological polar surface area (TPSA) is 60.8 Å². The molecule has 1 aliphatic carbocycles. The van der Waals surface area contributed by atoms with Crippen LogP contribution >= 0.6 is 0 Å². The number of carbonyl (C=O) groups excluding carboxylic acids is 1. The minimum atomic E-state index is -4.50. The van der Waals surface area contributed by atoms with Gasteiger partial charge in [0.1, 0.15) is 18.0 Å². The van der Waals surface area contributed by atoms with Crippen molar-refractivity contribution < 1.29 is 28.2 Å². The zero-order valence-corrected chi connectivity index (χ0v) is 9.81. The first kappa shape index (κ1) is 13.5. The third kappa shape index (κ3) is 3.30. The van der Waals surface area contributed by atoms with Crippen LogP contribution in [0.3, 0.4) is 0 Å². The number of carbonyl (C=O) groups is 1. The molecule has 2 rings (SSSR count). The standard InChI is InChI=1S/C12H12F3NO3/c13-12(14,15)6-16(7-1-2-7)11(19)9-5-8(17)3-4-10(9)18/h3-5,7,17-18H,1-2,6H2. The largest absolute Gasteiger partial charge is 0.508 e. The smallest absolute Gasteiger partial charge is 0.406 e. The first-order valence-electron chi connectivity index (χ1n) is 5.67.